The lowest BCUT2D eigenvalue weighted by molar-refractivity contribution is 0.0918. The SMILES string of the molecule is O=C(NC[C@H](c1ccc(Cl)cc1)N1CCCCC1)c1n[nH]c2c1CCC2. The summed E-state index contributed by atoms with van der Waals surface area (Å²) >= 11 is 6.06. The summed E-state index contributed by atoms with van der Waals surface area (Å²) in [5.41, 5.74) is 4.00. The molecule has 0 bridgehead atoms. The summed E-state index contributed by atoms with van der Waals surface area (Å²) in [7, 11) is 0. The molecule has 1 fully saturated rings. The van der Waals surface area contributed by atoms with Gasteiger partial charge in [-0.25, -0.2) is 0 Å². The third-order valence-corrected chi connectivity index (χ3v) is 5.82. The minimum atomic E-state index is -0.0691. The van der Waals surface area contributed by atoms with Gasteiger partial charge in [-0.2, -0.15) is 5.10 Å². The first kappa shape index (κ1) is 17.6. The number of nitrogens with one attached hydrogen (secondary N) is 2. The van der Waals surface area contributed by atoms with Crippen molar-refractivity contribution in [2.45, 2.75) is 44.6 Å². The molecule has 26 heavy (non-hydrogen) atoms. The second kappa shape index (κ2) is 7.80. The van der Waals surface area contributed by atoms with Gasteiger partial charge in [0.15, 0.2) is 5.69 Å². The molecule has 1 saturated heterocycles. The van der Waals surface area contributed by atoms with Crippen molar-refractivity contribution in [3.05, 3.63) is 51.8 Å². The van der Waals surface area contributed by atoms with E-state index in [2.05, 4.69) is 32.5 Å². The zero-order valence-corrected chi connectivity index (χ0v) is 15.7. The van der Waals surface area contributed by atoms with Gasteiger partial charge >= 0.3 is 0 Å². The van der Waals surface area contributed by atoms with E-state index in [1.165, 1.54) is 24.8 Å². The van der Waals surface area contributed by atoms with Gasteiger partial charge in [0.2, 0.25) is 0 Å². The Morgan fingerprint density at radius 3 is 2.69 bits per heavy atom. The quantitative estimate of drug-likeness (QED) is 0.844. The lowest BCUT2D eigenvalue weighted by Gasteiger charge is -2.35. The monoisotopic (exact) mass is 372 g/mol. The number of carbonyl (C=O) groups is 1. The highest BCUT2D eigenvalue weighted by molar-refractivity contribution is 6.30. The van der Waals surface area contributed by atoms with Gasteiger partial charge in [0.25, 0.3) is 5.91 Å². The largest absolute Gasteiger partial charge is 0.349 e. The minimum absolute atomic E-state index is 0.0691. The fraction of sp³-hybridized carbons (Fsp3) is 0.500. The molecule has 0 unspecified atom stereocenters. The van der Waals surface area contributed by atoms with Crippen LogP contribution in [-0.2, 0) is 12.8 Å². The van der Waals surface area contributed by atoms with Crippen LogP contribution in [0.4, 0.5) is 0 Å². The summed E-state index contributed by atoms with van der Waals surface area (Å²) in [6.07, 6.45) is 6.76. The molecule has 1 aliphatic heterocycles. The highest BCUT2D eigenvalue weighted by Crippen LogP contribution is 2.26. The first-order chi connectivity index (χ1) is 12.7. The molecule has 4 rings (SSSR count). The third kappa shape index (κ3) is 3.64. The number of halogens is 1. The average molecular weight is 373 g/mol. The molecule has 0 radical (unpaired) electrons. The molecule has 2 aliphatic rings. The Balaban J connectivity index is 1.48. The number of aromatic nitrogens is 2. The summed E-state index contributed by atoms with van der Waals surface area (Å²) in [4.78, 5) is 15.2. The van der Waals surface area contributed by atoms with E-state index < -0.39 is 0 Å². The first-order valence-electron chi connectivity index (χ1n) is 9.56. The molecule has 1 amide bonds. The van der Waals surface area contributed by atoms with Gasteiger partial charge in [-0.1, -0.05) is 30.2 Å². The molecule has 1 aromatic carbocycles. The smallest absolute Gasteiger partial charge is 0.272 e. The summed E-state index contributed by atoms with van der Waals surface area (Å²) in [5.74, 6) is -0.0691. The number of aryl methyl sites for hydroxylation is 1. The van der Waals surface area contributed by atoms with Gasteiger partial charge < -0.3 is 5.32 Å². The van der Waals surface area contributed by atoms with Crippen LogP contribution < -0.4 is 5.32 Å². The van der Waals surface area contributed by atoms with Gasteiger partial charge in [-0.3, -0.25) is 14.8 Å². The molecule has 138 valence electrons. The number of carbonyl (C=O) groups excluding carboxylic acids is 1. The predicted octanol–water partition coefficient (Wildman–Crippen LogP) is 3.51. The van der Waals surface area contributed by atoms with Crippen molar-refractivity contribution >= 4 is 17.5 Å². The summed E-state index contributed by atoms with van der Waals surface area (Å²) in [6, 6.07) is 8.16. The number of piperidine rings is 1. The second-order valence-corrected chi connectivity index (χ2v) is 7.69. The van der Waals surface area contributed by atoms with E-state index in [4.69, 9.17) is 11.6 Å². The standard InChI is InChI=1S/C20H25ClN4O/c21-15-9-7-14(8-10-15)18(25-11-2-1-3-12-25)13-22-20(26)19-16-5-4-6-17(16)23-24-19/h7-10,18H,1-6,11-13H2,(H,22,26)(H,23,24)/t18-/m1/s1. The zero-order chi connectivity index (χ0) is 17.9. The second-order valence-electron chi connectivity index (χ2n) is 7.26. The fourth-order valence-electron chi connectivity index (χ4n) is 4.15. The number of likely N-dealkylation sites (tertiary alicyclic amines) is 1. The van der Waals surface area contributed by atoms with Crippen LogP contribution in [0.25, 0.3) is 0 Å². The fourth-order valence-corrected chi connectivity index (χ4v) is 4.28. The number of benzene rings is 1. The number of nitrogens with zero attached hydrogens (tertiary/aromatic N) is 2. The van der Waals surface area contributed by atoms with Crippen molar-refractivity contribution in [2.75, 3.05) is 19.6 Å². The van der Waals surface area contributed by atoms with E-state index >= 15 is 0 Å². The number of rotatable bonds is 5. The third-order valence-electron chi connectivity index (χ3n) is 5.56. The highest BCUT2D eigenvalue weighted by Gasteiger charge is 2.26. The molecule has 2 heterocycles. The van der Waals surface area contributed by atoms with Crippen LogP contribution >= 0.6 is 11.6 Å². The maximum atomic E-state index is 12.7. The topological polar surface area (TPSA) is 61.0 Å². The van der Waals surface area contributed by atoms with Crippen LogP contribution in [0.1, 0.15) is 59.0 Å². The molecule has 2 aromatic rings. The number of fused-ring (bicyclic) bond motifs is 1. The van der Waals surface area contributed by atoms with Gasteiger partial charge in [0.1, 0.15) is 0 Å². The molecule has 6 heteroatoms. The Labute approximate surface area is 159 Å². The average Bonchev–Trinajstić information content (AvgIpc) is 3.27. The molecule has 1 aliphatic carbocycles. The van der Waals surface area contributed by atoms with Crippen molar-refractivity contribution in [2.24, 2.45) is 0 Å². The lowest BCUT2D eigenvalue weighted by Crippen LogP contribution is -2.40. The Bertz CT molecular complexity index is 765. The Hall–Kier alpha value is -1.85. The Morgan fingerprint density at radius 2 is 1.92 bits per heavy atom. The van der Waals surface area contributed by atoms with Crippen LogP contribution in [0.5, 0.6) is 0 Å². The Morgan fingerprint density at radius 1 is 1.15 bits per heavy atom. The lowest BCUT2D eigenvalue weighted by atomic mass is 10.0. The summed E-state index contributed by atoms with van der Waals surface area (Å²) in [6.45, 7) is 2.73. The Kier molecular flexibility index (Phi) is 5.27. The van der Waals surface area contributed by atoms with Crippen molar-refractivity contribution in [3.8, 4) is 0 Å². The number of hydrogen-bond donors (Lipinski definition) is 2. The maximum Gasteiger partial charge on any atom is 0.272 e. The predicted molar refractivity (Wildman–Crippen MR) is 103 cm³/mol. The summed E-state index contributed by atoms with van der Waals surface area (Å²) < 4.78 is 0. The molecule has 0 spiro atoms. The molecule has 0 saturated carbocycles. The van der Waals surface area contributed by atoms with Crippen LogP contribution in [0.15, 0.2) is 24.3 Å². The van der Waals surface area contributed by atoms with Gasteiger partial charge in [0.05, 0.1) is 6.04 Å². The number of aromatic amines is 1. The molecular formula is C20H25ClN4O. The van der Waals surface area contributed by atoms with Gasteiger partial charge in [-0.05, 0) is 62.9 Å². The van der Waals surface area contributed by atoms with Crippen LogP contribution in [0.2, 0.25) is 5.02 Å². The molecule has 5 nitrogen and oxygen atoms in total. The van der Waals surface area contributed by atoms with Crippen molar-refractivity contribution in [3.63, 3.8) is 0 Å². The number of hydrogen-bond acceptors (Lipinski definition) is 3. The van der Waals surface area contributed by atoms with Crippen LogP contribution in [0, 0.1) is 0 Å². The van der Waals surface area contributed by atoms with Crippen LogP contribution in [-0.4, -0.2) is 40.6 Å². The van der Waals surface area contributed by atoms with E-state index in [9.17, 15) is 4.79 Å². The maximum absolute atomic E-state index is 12.7. The summed E-state index contributed by atoms with van der Waals surface area (Å²) in [5, 5.41) is 11.1. The number of H-pyrrole nitrogens is 1. The molecule has 1 aromatic heterocycles. The van der Waals surface area contributed by atoms with E-state index in [-0.39, 0.29) is 11.9 Å². The van der Waals surface area contributed by atoms with E-state index in [1.54, 1.807) is 0 Å². The minimum Gasteiger partial charge on any atom is -0.349 e. The van der Waals surface area contributed by atoms with Crippen LogP contribution in [0.3, 0.4) is 0 Å². The number of amides is 1. The van der Waals surface area contributed by atoms with E-state index in [1.807, 2.05) is 12.1 Å². The molecular weight excluding hydrogens is 348 g/mol. The van der Waals surface area contributed by atoms with E-state index in [0.717, 1.165) is 48.6 Å². The highest BCUT2D eigenvalue weighted by atomic mass is 35.5. The zero-order valence-electron chi connectivity index (χ0n) is 14.9. The van der Waals surface area contributed by atoms with Gasteiger partial charge in [-0.15, -0.1) is 0 Å². The van der Waals surface area contributed by atoms with E-state index in [0.29, 0.717) is 12.2 Å². The molecule has 1 atom stereocenters. The van der Waals surface area contributed by atoms with Crippen molar-refractivity contribution in [1.29, 1.82) is 0 Å². The normalized spacial score (nSPS) is 18.5. The van der Waals surface area contributed by atoms with Gasteiger partial charge in [0, 0.05) is 22.8 Å². The van der Waals surface area contributed by atoms with Crippen molar-refractivity contribution < 1.29 is 4.79 Å². The molecule has 2 N–H and O–H groups in total. The first-order valence-corrected chi connectivity index (χ1v) is 9.94. The van der Waals surface area contributed by atoms with Crippen molar-refractivity contribution in [1.82, 2.24) is 20.4 Å².